The highest BCUT2D eigenvalue weighted by Crippen LogP contribution is 2.34. The first-order chi connectivity index (χ1) is 14.0. The van der Waals surface area contributed by atoms with Gasteiger partial charge < -0.3 is 15.0 Å². The maximum Gasteiger partial charge on any atom is 0.261 e. The molecule has 158 valence electrons. The van der Waals surface area contributed by atoms with Crippen molar-refractivity contribution >= 4 is 33.2 Å². The normalized spacial score (nSPS) is 17.5. The van der Waals surface area contributed by atoms with Crippen LogP contribution in [0, 0.1) is 5.92 Å². The van der Waals surface area contributed by atoms with Gasteiger partial charge in [-0.2, -0.15) is 0 Å². The van der Waals surface area contributed by atoms with E-state index in [-0.39, 0.29) is 23.8 Å². The van der Waals surface area contributed by atoms with Gasteiger partial charge in [0.15, 0.2) is 0 Å². The zero-order chi connectivity index (χ0) is 20.8. The van der Waals surface area contributed by atoms with E-state index in [4.69, 9.17) is 4.74 Å². The van der Waals surface area contributed by atoms with Crippen LogP contribution in [0.1, 0.15) is 54.8 Å². The topological polar surface area (TPSA) is 58.6 Å². The molecule has 3 rings (SSSR count). The smallest absolute Gasteiger partial charge is 0.261 e. The number of benzene rings is 1. The number of fused-ring (bicyclic) bond motifs is 1. The quantitative estimate of drug-likeness (QED) is 0.687. The minimum Gasteiger partial charge on any atom is -0.383 e. The Kier molecular flexibility index (Phi) is 7.67. The van der Waals surface area contributed by atoms with Gasteiger partial charge in [-0.3, -0.25) is 9.59 Å². The molecule has 0 aliphatic carbocycles. The van der Waals surface area contributed by atoms with Crippen molar-refractivity contribution in [3.8, 4) is 0 Å². The van der Waals surface area contributed by atoms with Crippen LogP contribution in [0.4, 0.5) is 0 Å². The number of hydrogen-bond acceptors (Lipinski definition) is 4. The molecule has 6 heteroatoms. The first-order valence-corrected chi connectivity index (χ1v) is 11.4. The Bertz CT molecular complexity index is 846. The van der Waals surface area contributed by atoms with Crippen LogP contribution < -0.4 is 5.32 Å². The third kappa shape index (κ3) is 5.17. The molecule has 1 aromatic carbocycles. The van der Waals surface area contributed by atoms with Crippen molar-refractivity contribution in [2.75, 3.05) is 26.8 Å². The Balaban J connectivity index is 1.93. The largest absolute Gasteiger partial charge is 0.383 e. The summed E-state index contributed by atoms with van der Waals surface area (Å²) in [5.74, 6) is 0.169. The number of methoxy groups -OCH3 is 1. The van der Waals surface area contributed by atoms with E-state index in [0.29, 0.717) is 13.2 Å². The number of nitrogens with one attached hydrogen (secondary N) is 1. The van der Waals surface area contributed by atoms with Crippen molar-refractivity contribution in [2.24, 2.45) is 5.92 Å². The third-order valence-electron chi connectivity index (χ3n) is 5.59. The van der Waals surface area contributed by atoms with E-state index in [1.54, 1.807) is 18.4 Å². The maximum absolute atomic E-state index is 12.9. The van der Waals surface area contributed by atoms with E-state index in [1.165, 1.54) is 0 Å². The fraction of sp³-hybridized carbons (Fsp3) is 0.565. The first kappa shape index (κ1) is 21.8. The number of amides is 2. The van der Waals surface area contributed by atoms with Crippen molar-refractivity contribution in [2.45, 2.75) is 52.0 Å². The SMILES string of the molecule is COCCNC(=O)c1sc2ccccc2c1C[C@H]1CCCCCN1C(=O)C(C)C. The van der Waals surface area contributed by atoms with Crippen LogP contribution in [-0.4, -0.2) is 49.6 Å². The van der Waals surface area contributed by atoms with Gasteiger partial charge in [0.05, 0.1) is 11.5 Å². The summed E-state index contributed by atoms with van der Waals surface area (Å²) in [5.41, 5.74) is 1.08. The number of hydrogen-bond donors (Lipinski definition) is 1. The van der Waals surface area contributed by atoms with E-state index in [0.717, 1.165) is 59.2 Å². The molecule has 0 unspecified atom stereocenters. The highest BCUT2D eigenvalue weighted by Gasteiger charge is 2.29. The summed E-state index contributed by atoms with van der Waals surface area (Å²) in [6.07, 6.45) is 5.07. The molecule has 0 bridgehead atoms. The van der Waals surface area contributed by atoms with Gasteiger partial charge in [0.25, 0.3) is 5.91 Å². The van der Waals surface area contributed by atoms with E-state index in [1.807, 2.05) is 26.0 Å². The Morgan fingerprint density at radius 2 is 2.03 bits per heavy atom. The number of ether oxygens (including phenoxy) is 1. The van der Waals surface area contributed by atoms with E-state index < -0.39 is 0 Å². The number of nitrogens with zero attached hydrogens (tertiary/aromatic N) is 1. The van der Waals surface area contributed by atoms with Crippen LogP contribution in [-0.2, 0) is 16.0 Å². The second-order valence-corrected chi connectivity index (χ2v) is 9.10. The predicted molar refractivity (Wildman–Crippen MR) is 119 cm³/mol. The summed E-state index contributed by atoms with van der Waals surface area (Å²) in [6.45, 7) is 5.74. The van der Waals surface area contributed by atoms with Gasteiger partial charge in [0.1, 0.15) is 0 Å². The molecular formula is C23H32N2O3S. The van der Waals surface area contributed by atoms with Crippen LogP contribution in [0.15, 0.2) is 24.3 Å². The van der Waals surface area contributed by atoms with Gasteiger partial charge in [0.2, 0.25) is 5.91 Å². The van der Waals surface area contributed by atoms with Crippen molar-refractivity contribution in [1.29, 1.82) is 0 Å². The monoisotopic (exact) mass is 416 g/mol. The molecule has 1 saturated heterocycles. The van der Waals surface area contributed by atoms with Crippen molar-refractivity contribution in [1.82, 2.24) is 10.2 Å². The highest BCUT2D eigenvalue weighted by atomic mass is 32.1. The molecule has 1 aliphatic heterocycles. The fourth-order valence-electron chi connectivity index (χ4n) is 4.08. The van der Waals surface area contributed by atoms with E-state index >= 15 is 0 Å². The van der Waals surface area contributed by atoms with Crippen molar-refractivity contribution < 1.29 is 14.3 Å². The molecule has 2 amide bonds. The van der Waals surface area contributed by atoms with Gasteiger partial charge in [-0.1, -0.05) is 44.9 Å². The standard InChI is InChI=1S/C23H32N2O3S/c1-16(2)23(27)25-13-8-4-5-9-17(25)15-19-18-10-6-7-11-20(18)29-21(19)22(26)24-12-14-28-3/h6-7,10-11,16-17H,4-5,8-9,12-15H2,1-3H3,(H,24,26)/t17-/m1/s1. The van der Waals surface area contributed by atoms with Crippen LogP contribution in [0.25, 0.3) is 10.1 Å². The Morgan fingerprint density at radius 1 is 1.24 bits per heavy atom. The number of carbonyl (C=O) groups excluding carboxylic acids is 2. The number of rotatable bonds is 7. The Morgan fingerprint density at radius 3 is 2.79 bits per heavy atom. The average Bonchev–Trinajstić information content (AvgIpc) is 2.91. The van der Waals surface area contributed by atoms with Crippen molar-refractivity contribution in [3.63, 3.8) is 0 Å². The molecule has 2 aromatic rings. The molecule has 5 nitrogen and oxygen atoms in total. The van der Waals surface area contributed by atoms with Crippen LogP contribution in [0.2, 0.25) is 0 Å². The molecular weight excluding hydrogens is 384 g/mol. The minimum absolute atomic E-state index is 0.00775. The van der Waals surface area contributed by atoms with Gasteiger partial charge >= 0.3 is 0 Å². The maximum atomic E-state index is 12.9. The molecule has 0 radical (unpaired) electrons. The molecule has 2 heterocycles. The van der Waals surface area contributed by atoms with E-state index in [9.17, 15) is 9.59 Å². The number of likely N-dealkylation sites (tertiary alicyclic amines) is 1. The molecule has 1 atom stereocenters. The Labute approximate surface area is 177 Å². The number of thiophene rings is 1. The molecule has 29 heavy (non-hydrogen) atoms. The summed E-state index contributed by atoms with van der Waals surface area (Å²) in [4.78, 5) is 28.6. The zero-order valence-corrected chi connectivity index (χ0v) is 18.5. The third-order valence-corrected chi connectivity index (χ3v) is 6.80. The first-order valence-electron chi connectivity index (χ1n) is 10.6. The zero-order valence-electron chi connectivity index (χ0n) is 17.7. The number of carbonyl (C=O) groups is 2. The summed E-state index contributed by atoms with van der Waals surface area (Å²) in [7, 11) is 1.63. The molecule has 1 aromatic heterocycles. The van der Waals surface area contributed by atoms with Crippen LogP contribution in [0.3, 0.4) is 0 Å². The highest BCUT2D eigenvalue weighted by molar-refractivity contribution is 7.21. The second kappa shape index (κ2) is 10.2. The minimum atomic E-state index is -0.0476. The average molecular weight is 417 g/mol. The summed E-state index contributed by atoms with van der Waals surface area (Å²) in [5, 5.41) is 4.10. The lowest BCUT2D eigenvalue weighted by Crippen LogP contribution is -2.43. The van der Waals surface area contributed by atoms with Gasteiger partial charge in [0, 0.05) is 36.9 Å². The predicted octanol–water partition coefficient (Wildman–Crippen LogP) is 4.25. The van der Waals surface area contributed by atoms with Crippen LogP contribution in [0.5, 0.6) is 0 Å². The van der Waals surface area contributed by atoms with Gasteiger partial charge in [-0.15, -0.1) is 11.3 Å². The fourth-order valence-corrected chi connectivity index (χ4v) is 5.23. The molecule has 1 aliphatic rings. The Hall–Kier alpha value is -1.92. The van der Waals surface area contributed by atoms with E-state index in [2.05, 4.69) is 22.3 Å². The molecule has 0 spiro atoms. The summed E-state index contributed by atoms with van der Waals surface area (Å²) < 4.78 is 6.18. The molecule has 1 N–H and O–H groups in total. The lowest BCUT2D eigenvalue weighted by molar-refractivity contribution is -0.136. The molecule has 0 saturated carbocycles. The lowest BCUT2D eigenvalue weighted by Gasteiger charge is -2.32. The van der Waals surface area contributed by atoms with Crippen LogP contribution >= 0.6 is 11.3 Å². The lowest BCUT2D eigenvalue weighted by atomic mass is 9.97. The second-order valence-electron chi connectivity index (χ2n) is 8.05. The van der Waals surface area contributed by atoms with Crippen molar-refractivity contribution in [3.05, 3.63) is 34.7 Å². The van der Waals surface area contributed by atoms with Gasteiger partial charge in [-0.25, -0.2) is 0 Å². The summed E-state index contributed by atoms with van der Waals surface area (Å²) in [6, 6.07) is 8.35. The molecule has 1 fully saturated rings. The summed E-state index contributed by atoms with van der Waals surface area (Å²) >= 11 is 1.54. The van der Waals surface area contributed by atoms with Gasteiger partial charge in [-0.05, 0) is 36.3 Å².